The van der Waals surface area contributed by atoms with Crippen molar-refractivity contribution in [1.29, 1.82) is 0 Å². The fraction of sp³-hybridized carbons (Fsp3) is 0.243. The molecule has 1 heterocycles. The summed E-state index contributed by atoms with van der Waals surface area (Å²) in [6.45, 7) is 5.77. The van der Waals surface area contributed by atoms with Gasteiger partial charge in [-0.1, -0.05) is 127 Å². The highest BCUT2D eigenvalue weighted by Crippen LogP contribution is 2.34. The number of ether oxygens (including phenoxy) is 5. The Labute approximate surface area is 249 Å². The molecular weight excluding hydrogens is 524 g/mol. The monoisotopic (exact) mass is 562 g/mol. The van der Waals surface area contributed by atoms with Gasteiger partial charge in [0.15, 0.2) is 6.29 Å². The van der Waals surface area contributed by atoms with Gasteiger partial charge in [-0.15, -0.1) is 6.58 Å². The van der Waals surface area contributed by atoms with E-state index in [1.807, 2.05) is 84.9 Å². The maximum atomic E-state index is 6.73. The van der Waals surface area contributed by atoms with Crippen LogP contribution in [0.25, 0.3) is 6.08 Å². The van der Waals surface area contributed by atoms with Gasteiger partial charge in [0.05, 0.1) is 33.0 Å². The second kappa shape index (κ2) is 16.0. The van der Waals surface area contributed by atoms with Crippen molar-refractivity contribution in [3.8, 4) is 0 Å². The van der Waals surface area contributed by atoms with Gasteiger partial charge in [-0.05, 0) is 28.3 Å². The van der Waals surface area contributed by atoms with Crippen LogP contribution < -0.4 is 0 Å². The van der Waals surface area contributed by atoms with Crippen LogP contribution in [0.4, 0.5) is 0 Å². The molecule has 216 valence electrons. The Hall–Kier alpha value is -3.84. The summed E-state index contributed by atoms with van der Waals surface area (Å²) in [5.41, 5.74) is 5.12. The zero-order valence-electron chi connectivity index (χ0n) is 23.8. The third-order valence-corrected chi connectivity index (χ3v) is 7.01. The summed E-state index contributed by atoms with van der Waals surface area (Å²) >= 11 is 0. The van der Waals surface area contributed by atoms with Crippen molar-refractivity contribution in [1.82, 2.24) is 0 Å². The Morgan fingerprint density at radius 2 is 1.14 bits per heavy atom. The van der Waals surface area contributed by atoms with E-state index in [0.29, 0.717) is 33.0 Å². The van der Waals surface area contributed by atoms with E-state index in [9.17, 15) is 0 Å². The molecule has 0 spiro atoms. The molecule has 1 aliphatic rings. The van der Waals surface area contributed by atoms with Gasteiger partial charge in [-0.3, -0.25) is 0 Å². The smallest absolute Gasteiger partial charge is 0.183 e. The lowest BCUT2D eigenvalue weighted by Gasteiger charge is -2.43. The summed E-state index contributed by atoms with van der Waals surface area (Å²) in [5, 5.41) is 0. The zero-order chi connectivity index (χ0) is 28.8. The molecule has 5 rings (SSSR count). The molecule has 0 unspecified atom stereocenters. The van der Waals surface area contributed by atoms with Gasteiger partial charge >= 0.3 is 0 Å². The van der Waals surface area contributed by atoms with Crippen LogP contribution in [0, 0.1) is 0 Å². The Morgan fingerprint density at radius 3 is 1.71 bits per heavy atom. The topological polar surface area (TPSA) is 46.2 Å². The first-order chi connectivity index (χ1) is 20.8. The molecule has 4 aromatic carbocycles. The van der Waals surface area contributed by atoms with Crippen molar-refractivity contribution in [3.05, 3.63) is 162 Å². The van der Waals surface area contributed by atoms with E-state index >= 15 is 0 Å². The molecule has 0 radical (unpaired) electrons. The fourth-order valence-corrected chi connectivity index (χ4v) is 4.93. The van der Waals surface area contributed by atoms with Crippen molar-refractivity contribution < 1.29 is 23.7 Å². The normalized spacial score (nSPS) is 21.3. The first-order valence-electron chi connectivity index (χ1n) is 14.4. The molecule has 1 aliphatic heterocycles. The Bertz CT molecular complexity index is 1360. The molecule has 1 fully saturated rings. The van der Waals surface area contributed by atoms with Crippen molar-refractivity contribution >= 4 is 6.08 Å². The third-order valence-electron chi connectivity index (χ3n) is 7.01. The van der Waals surface area contributed by atoms with Gasteiger partial charge in [0.2, 0.25) is 0 Å². The van der Waals surface area contributed by atoms with E-state index in [1.54, 1.807) is 6.08 Å². The second-order valence-corrected chi connectivity index (χ2v) is 10.2. The third kappa shape index (κ3) is 8.58. The summed E-state index contributed by atoms with van der Waals surface area (Å²) in [4.78, 5) is 0. The number of benzene rings is 4. The van der Waals surface area contributed by atoms with Crippen LogP contribution in [0.3, 0.4) is 0 Å². The molecule has 4 atom stereocenters. The SMILES string of the molecule is C=CCO[C@H]1O[C@H](COCc2ccccc2)[C@@H](OCc2ccccc2)[C@H](OCc2ccccc2)/C1=C\c1ccccc1. The van der Waals surface area contributed by atoms with E-state index in [1.165, 1.54) is 0 Å². The largest absolute Gasteiger partial charge is 0.374 e. The average Bonchev–Trinajstić information content (AvgIpc) is 3.05. The van der Waals surface area contributed by atoms with Crippen LogP contribution >= 0.6 is 0 Å². The van der Waals surface area contributed by atoms with Gasteiger partial charge in [0.25, 0.3) is 0 Å². The van der Waals surface area contributed by atoms with Gasteiger partial charge < -0.3 is 23.7 Å². The van der Waals surface area contributed by atoms with Crippen molar-refractivity contribution in [2.24, 2.45) is 0 Å². The molecule has 1 saturated heterocycles. The number of hydrogen-bond donors (Lipinski definition) is 0. The predicted molar refractivity (Wildman–Crippen MR) is 165 cm³/mol. The Kier molecular flexibility index (Phi) is 11.3. The van der Waals surface area contributed by atoms with Crippen LogP contribution in [-0.4, -0.2) is 37.8 Å². The van der Waals surface area contributed by atoms with E-state index in [-0.39, 0.29) is 0 Å². The van der Waals surface area contributed by atoms with E-state index in [4.69, 9.17) is 23.7 Å². The van der Waals surface area contributed by atoms with Crippen molar-refractivity contribution in [2.45, 2.75) is 44.4 Å². The Morgan fingerprint density at radius 1 is 0.619 bits per heavy atom. The maximum Gasteiger partial charge on any atom is 0.183 e. The van der Waals surface area contributed by atoms with Crippen molar-refractivity contribution in [2.75, 3.05) is 13.2 Å². The summed E-state index contributed by atoms with van der Waals surface area (Å²) in [6, 6.07) is 40.6. The quantitative estimate of drug-likeness (QED) is 0.150. The molecule has 42 heavy (non-hydrogen) atoms. The maximum absolute atomic E-state index is 6.73. The molecule has 0 saturated carbocycles. The molecule has 0 bridgehead atoms. The molecule has 0 aromatic heterocycles. The summed E-state index contributed by atoms with van der Waals surface area (Å²) in [5.74, 6) is 0. The summed E-state index contributed by atoms with van der Waals surface area (Å²) in [6.07, 6.45) is 1.80. The predicted octanol–water partition coefficient (Wildman–Crippen LogP) is 7.39. The van der Waals surface area contributed by atoms with Crippen LogP contribution in [0.5, 0.6) is 0 Å². The van der Waals surface area contributed by atoms with E-state index in [2.05, 4.69) is 49.1 Å². The second-order valence-electron chi connectivity index (χ2n) is 10.2. The van der Waals surface area contributed by atoms with Crippen LogP contribution in [0.1, 0.15) is 22.3 Å². The fourth-order valence-electron chi connectivity index (χ4n) is 4.93. The minimum absolute atomic E-state index is 0.312. The number of hydrogen-bond acceptors (Lipinski definition) is 5. The van der Waals surface area contributed by atoms with Crippen LogP contribution in [-0.2, 0) is 43.5 Å². The van der Waals surface area contributed by atoms with Gasteiger partial charge in [0, 0.05) is 5.57 Å². The molecule has 0 aliphatic carbocycles. The molecule has 0 amide bonds. The average molecular weight is 563 g/mol. The van der Waals surface area contributed by atoms with Crippen LogP contribution in [0.15, 0.2) is 140 Å². The number of rotatable bonds is 14. The molecule has 4 aromatic rings. The lowest BCUT2D eigenvalue weighted by atomic mass is 9.93. The summed E-state index contributed by atoms with van der Waals surface area (Å²) < 4.78 is 32.4. The minimum atomic E-state index is -0.661. The molecule has 5 heteroatoms. The van der Waals surface area contributed by atoms with E-state index < -0.39 is 24.6 Å². The lowest BCUT2D eigenvalue weighted by Crippen LogP contribution is -2.54. The minimum Gasteiger partial charge on any atom is -0.374 e. The Balaban J connectivity index is 1.47. The standard InChI is InChI=1S/C37H38O5/c1-2-23-39-37-33(24-29-15-7-3-8-16-29)35(40-26-31-19-11-5-12-20-31)36(41-27-32-21-13-6-14-22-32)34(42-37)28-38-25-30-17-9-4-10-18-30/h2-22,24,34-37H,1,23,25-28H2/b33-24+/t34-,35-,36-,37+/m1/s1. The first-order valence-corrected chi connectivity index (χ1v) is 14.4. The first kappa shape index (κ1) is 29.6. The molecule has 0 N–H and O–H groups in total. The molecular formula is C37H38O5. The highest BCUT2D eigenvalue weighted by Gasteiger charge is 2.44. The highest BCUT2D eigenvalue weighted by atomic mass is 16.7. The summed E-state index contributed by atoms with van der Waals surface area (Å²) in [7, 11) is 0. The van der Waals surface area contributed by atoms with Crippen molar-refractivity contribution in [3.63, 3.8) is 0 Å². The van der Waals surface area contributed by atoms with Gasteiger partial charge in [-0.2, -0.15) is 0 Å². The van der Waals surface area contributed by atoms with E-state index in [0.717, 1.165) is 27.8 Å². The lowest BCUT2D eigenvalue weighted by molar-refractivity contribution is -0.246. The van der Waals surface area contributed by atoms with Gasteiger partial charge in [-0.25, -0.2) is 0 Å². The van der Waals surface area contributed by atoms with Crippen LogP contribution in [0.2, 0.25) is 0 Å². The zero-order valence-corrected chi connectivity index (χ0v) is 23.8. The highest BCUT2D eigenvalue weighted by molar-refractivity contribution is 5.55. The molecule has 5 nitrogen and oxygen atoms in total. The van der Waals surface area contributed by atoms with Gasteiger partial charge in [0.1, 0.15) is 18.3 Å².